The molecule has 0 radical (unpaired) electrons. The number of esters is 1. The van der Waals surface area contributed by atoms with E-state index < -0.39 is 0 Å². The largest absolute Gasteiger partial charge is 0.495 e. The average Bonchev–Trinajstić information content (AvgIpc) is 3.44. The van der Waals surface area contributed by atoms with Gasteiger partial charge in [0.15, 0.2) is 5.13 Å². The second-order valence-corrected chi connectivity index (χ2v) is 8.78. The lowest BCUT2D eigenvalue weighted by Crippen LogP contribution is -2.23. The molecule has 0 spiro atoms. The highest BCUT2D eigenvalue weighted by atomic mass is 32.1. The van der Waals surface area contributed by atoms with Gasteiger partial charge in [-0.2, -0.15) is 0 Å². The van der Waals surface area contributed by atoms with E-state index in [2.05, 4.69) is 4.98 Å². The van der Waals surface area contributed by atoms with Gasteiger partial charge >= 0.3 is 5.97 Å². The summed E-state index contributed by atoms with van der Waals surface area (Å²) >= 11 is 1.34. The highest BCUT2D eigenvalue weighted by molar-refractivity contribution is 7.14. The van der Waals surface area contributed by atoms with Crippen LogP contribution in [0, 0.1) is 17.8 Å². The van der Waals surface area contributed by atoms with Crippen molar-refractivity contribution >= 4 is 34.0 Å². The Balaban J connectivity index is 1.39. The number of fused-ring (bicyclic) bond motifs is 2. The van der Waals surface area contributed by atoms with Crippen LogP contribution in [0.4, 0.5) is 10.8 Å². The third-order valence-electron chi connectivity index (χ3n) is 6.07. The molecule has 3 atom stereocenters. The fourth-order valence-electron chi connectivity index (χ4n) is 4.74. The van der Waals surface area contributed by atoms with Gasteiger partial charge in [-0.15, -0.1) is 11.3 Å². The van der Waals surface area contributed by atoms with E-state index in [1.807, 2.05) is 23.6 Å². The smallest absolute Gasteiger partial charge is 0.306 e. The predicted octanol–water partition coefficient (Wildman–Crippen LogP) is 4.71. The van der Waals surface area contributed by atoms with Crippen LogP contribution in [0.15, 0.2) is 29.6 Å². The fourth-order valence-corrected chi connectivity index (χ4v) is 5.61. The number of amides is 1. The van der Waals surface area contributed by atoms with Crippen LogP contribution in [0.2, 0.25) is 0 Å². The van der Waals surface area contributed by atoms with Gasteiger partial charge < -0.3 is 9.47 Å². The van der Waals surface area contributed by atoms with E-state index in [0.717, 1.165) is 5.92 Å². The topological polar surface area (TPSA) is 68.7 Å². The van der Waals surface area contributed by atoms with Crippen molar-refractivity contribution in [2.24, 2.45) is 17.8 Å². The second kappa shape index (κ2) is 8.53. The van der Waals surface area contributed by atoms with Gasteiger partial charge in [-0.3, -0.25) is 14.5 Å². The second-order valence-electron chi connectivity index (χ2n) is 7.95. The quantitative estimate of drug-likeness (QED) is 0.614. The average molecular weight is 415 g/mol. The van der Waals surface area contributed by atoms with E-state index in [0.29, 0.717) is 40.5 Å². The van der Waals surface area contributed by atoms with Crippen LogP contribution in [0.3, 0.4) is 0 Å². The van der Waals surface area contributed by atoms with E-state index in [4.69, 9.17) is 9.47 Å². The number of hydrogen-bond donors (Lipinski definition) is 0. The summed E-state index contributed by atoms with van der Waals surface area (Å²) in [5.41, 5.74) is 1.28. The first-order valence-corrected chi connectivity index (χ1v) is 11.0. The number of rotatable bonds is 7. The molecule has 6 nitrogen and oxygen atoms in total. The minimum Gasteiger partial charge on any atom is -0.495 e. The van der Waals surface area contributed by atoms with E-state index in [1.165, 1.54) is 48.8 Å². The molecule has 2 aliphatic carbocycles. The number of carbonyl (C=O) groups excluding carboxylic acids is 2. The highest BCUT2D eigenvalue weighted by Gasteiger charge is 2.40. The molecule has 1 aromatic carbocycles. The molecule has 154 valence electrons. The molecular weight excluding hydrogens is 388 g/mol. The van der Waals surface area contributed by atoms with Gasteiger partial charge in [-0.05, 0) is 49.1 Å². The van der Waals surface area contributed by atoms with Crippen molar-refractivity contribution in [3.8, 4) is 5.75 Å². The molecule has 0 N–H and O–H groups in total. The van der Waals surface area contributed by atoms with Crippen molar-refractivity contribution in [2.45, 2.75) is 45.6 Å². The Labute approximate surface area is 174 Å². The zero-order valence-corrected chi connectivity index (χ0v) is 17.6. The van der Waals surface area contributed by atoms with Crippen LogP contribution < -0.4 is 9.64 Å². The molecule has 7 heteroatoms. The van der Waals surface area contributed by atoms with Crippen molar-refractivity contribution in [3.63, 3.8) is 0 Å². The molecule has 2 fully saturated rings. The number of thiazole rings is 1. The maximum Gasteiger partial charge on any atom is 0.306 e. The van der Waals surface area contributed by atoms with Crippen molar-refractivity contribution in [2.75, 3.05) is 12.0 Å². The summed E-state index contributed by atoms with van der Waals surface area (Å²) in [7, 11) is 1.57. The molecular formula is C22H26N2O4S. The number of aromatic nitrogens is 1. The van der Waals surface area contributed by atoms with Crippen molar-refractivity contribution in [1.29, 1.82) is 0 Å². The Morgan fingerprint density at radius 3 is 2.76 bits per heavy atom. The summed E-state index contributed by atoms with van der Waals surface area (Å²) in [6.07, 6.45) is 5.57. The Bertz CT molecular complexity index is 896. The fraction of sp³-hybridized carbons (Fsp3) is 0.500. The number of hydrogen-bond acceptors (Lipinski definition) is 6. The molecule has 2 aromatic rings. The monoisotopic (exact) mass is 414 g/mol. The lowest BCUT2D eigenvalue weighted by atomic mass is 9.86. The lowest BCUT2D eigenvalue weighted by Gasteiger charge is -2.20. The van der Waals surface area contributed by atoms with Crippen LogP contribution in [0.1, 0.15) is 44.7 Å². The molecule has 1 aromatic heterocycles. The Hall–Kier alpha value is -2.41. The molecule has 3 unspecified atom stereocenters. The van der Waals surface area contributed by atoms with E-state index in [9.17, 15) is 9.59 Å². The van der Waals surface area contributed by atoms with Gasteiger partial charge in [0.05, 0.1) is 18.5 Å². The third kappa shape index (κ3) is 4.29. The van der Waals surface area contributed by atoms with Crippen LogP contribution in [-0.2, 0) is 20.9 Å². The van der Waals surface area contributed by atoms with E-state index >= 15 is 0 Å². The number of anilines is 2. The SMILES string of the molecule is COc1ccccc1N(C(C)=O)c1nc(COC(=O)CC2CC3CCC2C3)cs1. The minimum absolute atomic E-state index is 0.133. The third-order valence-corrected chi connectivity index (χ3v) is 6.94. The van der Waals surface area contributed by atoms with E-state index in [1.54, 1.807) is 13.2 Å². The van der Waals surface area contributed by atoms with Gasteiger partial charge in [0, 0.05) is 18.7 Å². The maximum atomic E-state index is 12.3. The first-order valence-electron chi connectivity index (χ1n) is 10.1. The summed E-state index contributed by atoms with van der Waals surface area (Å²) in [4.78, 5) is 30.6. The normalized spacial score (nSPS) is 22.5. The van der Waals surface area contributed by atoms with Gasteiger partial charge in [-0.25, -0.2) is 4.98 Å². The first kappa shape index (κ1) is 19.9. The zero-order chi connectivity index (χ0) is 20.4. The van der Waals surface area contributed by atoms with Crippen LogP contribution in [0.25, 0.3) is 0 Å². The number of methoxy groups -OCH3 is 1. The van der Waals surface area contributed by atoms with Crippen LogP contribution in [0.5, 0.6) is 5.75 Å². The van der Waals surface area contributed by atoms with E-state index in [-0.39, 0.29) is 18.5 Å². The Kier molecular flexibility index (Phi) is 5.85. The van der Waals surface area contributed by atoms with Crippen molar-refractivity contribution in [3.05, 3.63) is 35.3 Å². The standard InChI is InChI=1S/C22H26N2O4S/c1-14(25)24(19-5-3-4-6-20(19)27-2)22-23-18(13-29-22)12-28-21(26)11-17-10-15-7-8-16(17)9-15/h3-6,13,15-17H,7-12H2,1-2H3. The number of carbonyl (C=O) groups is 2. The van der Waals surface area contributed by atoms with Crippen molar-refractivity contribution in [1.82, 2.24) is 4.98 Å². The summed E-state index contributed by atoms with van der Waals surface area (Å²) in [6, 6.07) is 7.32. The molecule has 2 aliphatic rings. The summed E-state index contributed by atoms with van der Waals surface area (Å²) in [5, 5.41) is 2.35. The molecule has 0 aliphatic heterocycles. The summed E-state index contributed by atoms with van der Waals surface area (Å²) in [6.45, 7) is 1.62. The minimum atomic E-state index is -0.163. The number of ether oxygens (including phenoxy) is 2. The van der Waals surface area contributed by atoms with Crippen LogP contribution in [-0.4, -0.2) is 24.0 Å². The number of nitrogens with zero attached hydrogens (tertiary/aromatic N) is 2. The molecule has 4 rings (SSSR count). The molecule has 29 heavy (non-hydrogen) atoms. The highest BCUT2D eigenvalue weighted by Crippen LogP contribution is 2.49. The molecule has 0 saturated heterocycles. The van der Waals surface area contributed by atoms with Crippen LogP contribution >= 0.6 is 11.3 Å². The van der Waals surface area contributed by atoms with Gasteiger partial charge in [-0.1, -0.05) is 18.6 Å². The van der Waals surface area contributed by atoms with Crippen molar-refractivity contribution < 1.29 is 19.1 Å². The zero-order valence-electron chi connectivity index (χ0n) is 16.8. The molecule has 1 heterocycles. The maximum absolute atomic E-state index is 12.3. The molecule has 2 bridgehead atoms. The number of para-hydroxylation sites is 2. The summed E-state index contributed by atoms with van der Waals surface area (Å²) in [5.74, 6) is 2.31. The number of benzene rings is 1. The molecule has 2 saturated carbocycles. The summed E-state index contributed by atoms with van der Waals surface area (Å²) < 4.78 is 10.9. The van der Waals surface area contributed by atoms with Gasteiger partial charge in [0.25, 0.3) is 0 Å². The lowest BCUT2D eigenvalue weighted by molar-refractivity contribution is -0.146. The Morgan fingerprint density at radius 1 is 1.24 bits per heavy atom. The molecule has 1 amide bonds. The Morgan fingerprint density at radius 2 is 2.07 bits per heavy atom. The first-order chi connectivity index (χ1) is 14.0. The van der Waals surface area contributed by atoms with Gasteiger partial charge in [0.1, 0.15) is 12.4 Å². The van der Waals surface area contributed by atoms with Gasteiger partial charge in [0.2, 0.25) is 5.91 Å². The predicted molar refractivity (Wildman–Crippen MR) is 111 cm³/mol.